The van der Waals surface area contributed by atoms with Crippen LogP contribution in [0, 0.1) is 6.92 Å². The number of pyridine rings is 1. The summed E-state index contributed by atoms with van der Waals surface area (Å²) in [7, 11) is 0. The Morgan fingerprint density at radius 3 is 2.82 bits per heavy atom. The molecule has 0 aromatic carbocycles. The largest absolute Gasteiger partial charge is 0.311 e. The maximum Gasteiger partial charge on any atom is 0.225 e. The van der Waals surface area contributed by atoms with Crippen LogP contribution in [0.4, 0.5) is 5.82 Å². The van der Waals surface area contributed by atoms with Gasteiger partial charge >= 0.3 is 0 Å². The number of amides is 1. The molecule has 0 aliphatic carbocycles. The Hall–Kier alpha value is -0.900. The Bertz CT molecular complexity index is 380. The van der Waals surface area contributed by atoms with Crippen LogP contribution in [-0.4, -0.2) is 10.9 Å². The summed E-state index contributed by atoms with van der Waals surface area (Å²) in [6.07, 6.45) is 6.75. The first-order valence-corrected chi connectivity index (χ1v) is 6.84. The fraction of sp³-hybridized carbons (Fsp3) is 0.538. The van der Waals surface area contributed by atoms with Gasteiger partial charge in [-0.25, -0.2) is 4.98 Å². The number of unbranched alkanes of at least 4 members (excludes halogenated alkanes) is 3. The number of rotatable bonds is 6. The molecule has 0 spiro atoms. The normalized spacial score (nSPS) is 10.3. The molecule has 0 aliphatic heterocycles. The minimum atomic E-state index is 0.0512. The third kappa shape index (κ3) is 5.31. The molecular formula is C13H19BrN2O. The zero-order valence-electron chi connectivity index (χ0n) is 10.4. The number of hydrogen-bond donors (Lipinski definition) is 1. The van der Waals surface area contributed by atoms with E-state index >= 15 is 0 Å². The van der Waals surface area contributed by atoms with E-state index in [9.17, 15) is 4.79 Å². The standard InChI is InChI=1S/C13H19BrN2O/c1-3-4-5-6-7-13(17)16-12-8-10(2)11(14)9-15-12/h8-9H,3-7H2,1-2H3,(H,15,16,17). The topological polar surface area (TPSA) is 42.0 Å². The van der Waals surface area contributed by atoms with Gasteiger partial charge in [-0.2, -0.15) is 0 Å². The highest BCUT2D eigenvalue weighted by molar-refractivity contribution is 9.10. The second kappa shape index (κ2) is 7.43. The van der Waals surface area contributed by atoms with Gasteiger partial charge in [0.2, 0.25) is 5.91 Å². The molecule has 1 aromatic heterocycles. The molecule has 0 aliphatic rings. The second-order valence-electron chi connectivity index (χ2n) is 4.18. The van der Waals surface area contributed by atoms with Crippen molar-refractivity contribution in [2.45, 2.75) is 46.0 Å². The predicted octanol–water partition coefficient (Wildman–Crippen LogP) is 4.06. The molecule has 1 N–H and O–H groups in total. The van der Waals surface area contributed by atoms with E-state index in [0.717, 1.165) is 22.9 Å². The van der Waals surface area contributed by atoms with Gasteiger partial charge < -0.3 is 5.32 Å². The van der Waals surface area contributed by atoms with Gasteiger partial charge in [0.1, 0.15) is 5.82 Å². The summed E-state index contributed by atoms with van der Waals surface area (Å²) in [5.41, 5.74) is 1.07. The minimum absolute atomic E-state index is 0.0512. The van der Waals surface area contributed by atoms with Gasteiger partial charge in [-0.1, -0.05) is 26.2 Å². The molecule has 1 rings (SSSR count). The molecule has 17 heavy (non-hydrogen) atoms. The molecule has 0 atom stereocenters. The van der Waals surface area contributed by atoms with E-state index in [-0.39, 0.29) is 5.91 Å². The number of hydrogen-bond acceptors (Lipinski definition) is 2. The van der Waals surface area contributed by atoms with Crippen molar-refractivity contribution in [2.75, 3.05) is 5.32 Å². The molecule has 3 nitrogen and oxygen atoms in total. The predicted molar refractivity (Wildman–Crippen MR) is 74.1 cm³/mol. The first-order valence-electron chi connectivity index (χ1n) is 6.05. The summed E-state index contributed by atoms with van der Waals surface area (Å²) in [6.45, 7) is 4.14. The van der Waals surface area contributed by atoms with Crippen LogP contribution in [0.15, 0.2) is 16.7 Å². The van der Waals surface area contributed by atoms with Crippen molar-refractivity contribution >= 4 is 27.7 Å². The van der Waals surface area contributed by atoms with Crippen molar-refractivity contribution in [3.05, 3.63) is 22.3 Å². The third-order valence-electron chi connectivity index (χ3n) is 2.57. The average molecular weight is 299 g/mol. The number of aromatic nitrogens is 1. The van der Waals surface area contributed by atoms with E-state index in [4.69, 9.17) is 0 Å². The molecule has 0 unspecified atom stereocenters. The summed E-state index contributed by atoms with van der Waals surface area (Å²) in [5, 5.41) is 2.82. The van der Waals surface area contributed by atoms with Crippen molar-refractivity contribution in [2.24, 2.45) is 0 Å². The SMILES string of the molecule is CCCCCCC(=O)Nc1cc(C)c(Br)cn1. The Kier molecular flexibility index (Phi) is 6.19. The number of nitrogens with zero attached hydrogens (tertiary/aromatic N) is 1. The average Bonchev–Trinajstić information content (AvgIpc) is 2.30. The number of carbonyl (C=O) groups is 1. The number of nitrogens with one attached hydrogen (secondary N) is 1. The molecule has 0 radical (unpaired) electrons. The monoisotopic (exact) mass is 298 g/mol. The van der Waals surface area contributed by atoms with Crippen LogP contribution in [-0.2, 0) is 4.79 Å². The fourth-order valence-corrected chi connectivity index (χ4v) is 1.74. The molecule has 94 valence electrons. The lowest BCUT2D eigenvalue weighted by atomic mass is 10.1. The van der Waals surface area contributed by atoms with Gasteiger partial charge in [0.25, 0.3) is 0 Å². The van der Waals surface area contributed by atoms with Gasteiger partial charge in [0.05, 0.1) is 0 Å². The lowest BCUT2D eigenvalue weighted by Crippen LogP contribution is -2.12. The van der Waals surface area contributed by atoms with Crippen LogP contribution in [0.3, 0.4) is 0 Å². The van der Waals surface area contributed by atoms with E-state index in [2.05, 4.69) is 33.2 Å². The lowest BCUT2D eigenvalue weighted by Gasteiger charge is -2.05. The molecule has 1 amide bonds. The highest BCUT2D eigenvalue weighted by Gasteiger charge is 2.04. The third-order valence-corrected chi connectivity index (χ3v) is 3.40. The van der Waals surface area contributed by atoms with E-state index < -0.39 is 0 Å². The maximum absolute atomic E-state index is 11.6. The highest BCUT2D eigenvalue weighted by Crippen LogP contribution is 2.17. The van der Waals surface area contributed by atoms with Crippen molar-refractivity contribution in [3.63, 3.8) is 0 Å². The van der Waals surface area contributed by atoms with Crippen molar-refractivity contribution in [1.29, 1.82) is 0 Å². The number of halogens is 1. The first-order chi connectivity index (χ1) is 8.13. The molecule has 1 heterocycles. The Labute approximate surface area is 111 Å². The zero-order valence-corrected chi connectivity index (χ0v) is 12.0. The summed E-state index contributed by atoms with van der Waals surface area (Å²) in [5.74, 6) is 0.682. The Morgan fingerprint density at radius 1 is 1.41 bits per heavy atom. The van der Waals surface area contributed by atoms with Gasteiger partial charge in [-0.15, -0.1) is 0 Å². The molecular weight excluding hydrogens is 280 g/mol. The highest BCUT2D eigenvalue weighted by atomic mass is 79.9. The Morgan fingerprint density at radius 2 is 2.18 bits per heavy atom. The molecule has 4 heteroatoms. The quantitative estimate of drug-likeness (QED) is 0.805. The zero-order chi connectivity index (χ0) is 12.7. The van der Waals surface area contributed by atoms with Crippen LogP contribution in [0.25, 0.3) is 0 Å². The van der Waals surface area contributed by atoms with E-state index in [1.165, 1.54) is 12.8 Å². The molecule has 0 fully saturated rings. The van der Waals surface area contributed by atoms with Gasteiger partial charge in [0.15, 0.2) is 0 Å². The summed E-state index contributed by atoms with van der Waals surface area (Å²) in [6, 6.07) is 1.87. The van der Waals surface area contributed by atoms with Gasteiger partial charge in [-0.3, -0.25) is 4.79 Å². The van der Waals surface area contributed by atoms with Gasteiger partial charge in [0, 0.05) is 17.1 Å². The minimum Gasteiger partial charge on any atom is -0.311 e. The van der Waals surface area contributed by atoms with Crippen LogP contribution in [0.2, 0.25) is 0 Å². The van der Waals surface area contributed by atoms with E-state index in [0.29, 0.717) is 12.2 Å². The Balaban J connectivity index is 2.37. The van der Waals surface area contributed by atoms with Crippen molar-refractivity contribution in [1.82, 2.24) is 4.98 Å². The number of carbonyl (C=O) groups excluding carboxylic acids is 1. The number of aryl methyl sites for hydroxylation is 1. The number of anilines is 1. The van der Waals surface area contributed by atoms with Gasteiger partial charge in [-0.05, 0) is 40.9 Å². The van der Waals surface area contributed by atoms with E-state index in [1.807, 2.05) is 13.0 Å². The lowest BCUT2D eigenvalue weighted by molar-refractivity contribution is -0.116. The first kappa shape index (κ1) is 14.2. The summed E-state index contributed by atoms with van der Waals surface area (Å²) in [4.78, 5) is 15.8. The summed E-state index contributed by atoms with van der Waals surface area (Å²) >= 11 is 3.38. The molecule has 1 aromatic rings. The molecule has 0 saturated heterocycles. The van der Waals surface area contributed by atoms with Crippen LogP contribution in [0.5, 0.6) is 0 Å². The summed E-state index contributed by atoms with van der Waals surface area (Å²) < 4.78 is 0.957. The van der Waals surface area contributed by atoms with Crippen LogP contribution < -0.4 is 5.32 Å². The molecule has 0 saturated carbocycles. The van der Waals surface area contributed by atoms with E-state index in [1.54, 1.807) is 6.20 Å². The smallest absolute Gasteiger partial charge is 0.225 e. The maximum atomic E-state index is 11.6. The van der Waals surface area contributed by atoms with Crippen LogP contribution >= 0.6 is 15.9 Å². The van der Waals surface area contributed by atoms with Crippen molar-refractivity contribution in [3.8, 4) is 0 Å². The fourth-order valence-electron chi connectivity index (χ4n) is 1.53. The second-order valence-corrected chi connectivity index (χ2v) is 5.03. The van der Waals surface area contributed by atoms with Crippen LogP contribution in [0.1, 0.15) is 44.6 Å². The molecule has 0 bridgehead atoms. The van der Waals surface area contributed by atoms with Crippen molar-refractivity contribution < 1.29 is 4.79 Å².